The highest BCUT2D eigenvalue weighted by Crippen LogP contribution is 2.30. The minimum absolute atomic E-state index is 0.425. The molecule has 5 heteroatoms. The summed E-state index contributed by atoms with van der Waals surface area (Å²) in [6.07, 6.45) is 1.58. The number of carboxylic acids is 1. The van der Waals surface area contributed by atoms with Gasteiger partial charge in [0, 0.05) is 10.9 Å². The van der Waals surface area contributed by atoms with E-state index in [1.54, 1.807) is 25.3 Å². The van der Waals surface area contributed by atoms with Crippen molar-refractivity contribution in [1.82, 2.24) is 4.90 Å². The van der Waals surface area contributed by atoms with E-state index in [1.165, 1.54) is 0 Å². The topological polar surface area (TPSA) is 79.7 Å². The summed E-state index contributed by atoms with van der Waals surface area (Å²) in [6, 6.07) is 6.08. The Kier molecular flexibility index (Phi) is 3.36. The van der Waals surface area contributed by atoms with Gasteiger partial charge in [-0.2, -0.15) is 0 Å². The fourth-order valence-electron chi connectivity index (χ4n) is 2.16. The van der Waals surface area contributed by atoms with Gasteiger partial charge in [0.1, 0.15) is 11.6 Å². The van der Waals surface area contributed by atoms with Crippen LogP contribution in [0.15, 0.2) is 34.9 Å². The standard InChI is InChI=1S/C13H16N2O3/c1-15(2)12(11(14)13(16)17)9-7-18-10-6-4-3-5-8(9)10/h3-7,11-12H,14H2,1-2H3,(H,16,17). The number of para-hydroxylation sites is 1. The van der Waals surface area contributed by atoms with Gasteiger partial charge in [0.15, 0.2) is 0 Å². The molecule has 0 saturated heterocycles. The number of nitrogens with two attached hydrogens (primary N) is 1. The third-order valence-corrected chi connectivity index (χ3v) is 3.01. The van der Waals surface area contributed by atoms with Crippen LogP contribution >= 0.6 is 0 Å². The highest BCUT2D eigenvalue weighted by atomic mass is 16.4. The van der Waals surface area contributed by atoms with Crippen LogP contribution in [0.25, 0.3) is 11.0 Å². The first-order valence-electron chi connectivity index (χ1n) is 5.63. The molecule has 2 unspecified atom stereocenters. The summed E-state index contributed by atoms with van der Waals surface area (Å²) >= 11 is 0. The maximum atomic E-state index is 11.1. The summed E-state index contributed by atoms with van der Waals surface area (Å²) in [5, 5.41) is 9.99. The Morgan fingerprint density at radius 3 is 2.67 bits per heavy atom. The van der Waals surface area contributed by atoms with Gasteiger partial charge in [-0.3, -0.25) is 4.79 Å². The molecule has 0 amide bonds. The van der Waals surface area contributed by atoms with Crippen molar-refractivity contribution >= 4 is 16.9 Å². The summed E-state index contributed by atoms with van der Waals surface area (Å²) in [7, 11) is 3.60. The van der Waals surface area contributed by atoms with Gasteiger partial charge in [-0.15, -0.1) is 0 Å². The zero-order chi connectivity index (χ0) is 13.3. The predicted molar refractivity (Wildman–Crippen MR) is 68.3 cm³/mol. The number of likely N-dealkylation sites (N-methyl/N-ethyl adjacent to an activating group) is 1. The van der Waals surface area contributed by atoms with E-state index in [0.717, 1.165) is 16.5 Å². The Morgan fingerprint density at radius 2 is 2.06 bits per heavy atom. The molecule has 1 aromatic carbocycles. The number of nitrogens with zero attached hydrogens (tertiary/aromatic N) is 1. The molecule has 2 aromatic rings. The zero-order valence-electron chi connectivity index (χ0n) is 10.3. The molecule has 1 aromatic heterocycles. The van der Waals surface area contributed by atoms with Crippen molar-refractivity contribution in [2.45, 2.75) is 12.1 Å². The Labute approximate surface area is 105 Å². The van der Waals surface area contributed by atoms with Crippen molar-refractivity contribution in [2.75, 3.05) is 14.1 Å². The van der Waals surface area contributed by atoms with Crippen LogP contribution in [-0.2, 0) is 4.79 Å². The van der Waals surface area contributed by atoms with Crippen molar-refractivity contribution in [3.05, 3.63) is 36.1 Å². The van der Waals surface area contributed by atoms with E-state index in [1.807, 2.05) is 24.3 Å². The maximum Gasteiger partial charge on any atom is 0.322 e. The summed E-state index contributed by atoms with van der Waals surface area (Å²) < 4.78 is 5.43. The molecule has 0 fully saturated rings. The van der Waals surface area contributed by atoms with E-state index in [0.29, 0.717) is 0 Å². The first-order valence-corrected chi connectivity index (χ1v) is 5.63. The number of aliphatic carboxylic acids is 1. The van der Waals surface area contributed by atoms with Crippen molar-refractivity contribution in [3.8, 4) is 0 Å². The number of carboxylic acid groups (broad SMARTS) is 1. The van der Waals surface area contributed by atoms with E-state index < -0.39 is 18.1 Å². The van der Waals surface area contributed by atoms with Gasteiger partial charge in [-0.05, 0) is 20.2 Å². The Bertz CT molecular complexity index is 562. The van der Waals surface area contributed by atoms with Crippen molar-refractivity contribution in [3.63, 3.8) is 0 Å². The Balaban J connectivity index is 2.52. The van der Waals surface area contributed by atoms with Gasteiger partial charge in [0.2, 0.25) is 0 Å². The lowest BCUT2D eigenvalue weighted by molar-refractivity contribution is -0.140. The molecular formula is C13H16N2O3. The molecule has 0 bridgehead atoms. The predicted octanol–water partition coefficient (Wildman–Crippen LogP) is 1.45. The van der Waals surface area contributed by atoms with Gasteiger partial charge >= 0.3 is 5.97 Å². The fraction of sp³-hybridized carbons (Fsp3) is 0.308. The number of furan rings is 1. The van der Waals surface area contributed by atoms with Crippen molar-refractivity contribution < 1.29 is 14.3 Å². The minimum Gasteiger partial charge on any atom is -0.480 e. The van der Waals surface area contributed by atoms with Crippen LogP contribution in [0.2, 0.25) is 0 Å². The summed E-state index contributed by atoms with van der Waals surface area (Å²) in [4.78, 5) is 12.9. The first kappa shape index (κ1) is 12.6. The summed E-state index contributed by atoms with van der Waals surface area (Å²) in [5.41, 5.74) is 7.29. The van der Waals surface area contributed by atoms with Crippen LogP contribution in [0.5, 0.6) is 0 Å². The number of rotatable bonds is 4. The van der Waals surface area contributed by atoms with E-state index in [9.17, 15) is 4.79 Å². The molecule has 96 valence electrons. The number of hydrogen-bond acceptors (Lipinski definition) is 4. The van der Waals surface area contributed by atoms with E-state index in [-0.39, 0.29) is 0 Å². The molecule has 0 radical (unpaired) electrons. The molecule has 0 aliphatic heterocycles. The highest BCUT2D eigenvalue weighted by molar-refractivity contribution is 5.83. The van der Waals surface area contributed by atoms with Crippen LogP contribution in [0, 0.1) is 0 Å². The third-order valence-electron chi connectivity index (χ3n) is 3.01. The van der Waals surface area contributed by atoms with Gasteiger partial charge in [0.05, 0.1) is 12.3 Å². The molecule has 0 aliphatic carbocycles. The fourth-order valence-corrected chi connectivity index (χ4v) is 2.16. The number of hydrogen-bond donors (Lipinski definition) is 2. The molecule has 0 saturated carbocycles. The van der Waals surface area contributed by atoms with Gasteiger partial charge in [0.25, 0.3) is 0 Å². The lowest BCUT2D eigenvalue weighted by Crippen LogP contribution is -2.42. The molecule has 2 atom stereocenters. The highest BCUT2D eigenvalue weighted by Gasteiger charge is 2.30. The second kappa shape index (κ2) is 4.80. The van der Waals surface area contributed by atoms with Crippen LogP contribution in [-0.4, -0.2) is 36.1 Å². The normalized spacial score (nSPS) is 14.9. The van der Waals surface area contributed by atoms with Gasteiger partial charge in [-0.1, -0.05) is 18.2 Å². The molecule has 3 N–H and O–H groups in total. The molecule has 18 heavy (non-hydrogen) atoms. The monoisotopic (exact) mass is 248 g/mol. The molecule has 0 spiro atoms. The van der Waals surface area contributed by atoms with Crippen molar-refractivity contribution in [1.29, 1.82) is 0 Å². The van der Waals surface area contributed by atoms with E-state index in [2.05, 4.69) is 0 Å². The number of benzene rings is 1. The zero-order valence-corrected chi connectivity index (χ0v) is 10.3. The van der Waals surface area contributed by atoms with Crippen molar-refractivity contribution in [2.24, 2.45) is 5.73 Å². The molecule has 0 aliphatic rings. The Morgan fingerprint density at radius 1 is 1.39 bits per heavy atom. The quantitative estimate of drug-likeness (QED) is 0.856. The lowest BCUT2D eigenvalue weighted by atomic mass is 9.98. The largest absolute Gasteiger partial charge is 0.480 e. The van der Waals surface area contributed by atoms with Gasteiger partial charge < -0.3 is 20.2 Å². The summed E-state index contributed by atoms with van der Waals surface area (Å²) in [6.45, 7) is 0. The second-order valence-corrected chi connectivity index (χ2v) is 4.46. The Hall–Kier alpha value is -1.85. The third kappa shape index (κ3) is 2.10. The number of fused-ring (bicyclic) bond motifs is 1. The van der Waals surface area contributed by atoms with E-state index in [4.69, 9.17) is 15.3 Å². The second-order valence-electron chi connectivity index (χ2n) is 4.46. The van der Waals surface area contributed by atoms with Crippen LogP contribution < -0.4 is 5.73 Å². The lowest BCUT2D eigenvalue weighted by Gasteiger charge is -2.26. The number of carbonyl (C=O) groups is 1. The van der Waals surface area contributed by atoms with Gasteiger partial charge in [-0.25, -0.2) is 0 Å². The average molecular weight is 248 g/mol. The van der Waals surface area contributed by atoms with Crippen LogP contribution in [0.3, 0.4) is 0 Å². The smallest absolute Gasteiger partial charge is 0.322 e. The molecule has 5 nitrogen and oxygen atoms in total. The van der Waals surface area contributed by atoms with Crippen LogP contribution in [0.1, 0.15) is 11.6 Å². The van der Waals surface area contributed by atoms with Crippen LogP contribution in [0.4, 0.5) is 0 Å². The minimum atomic E-state index is -1.03. The molecular weight excluding hydrogens is 232 g/mol. The SMILES string of the molecule is CN(C)C(c1coc2ccccc12)C(N)C(=O)O. The van der Waals surface area contributed by atoms with E-state index >= 15 is 0 Å². The average Bonchev–Trinajstić information content (AvgIpc) is 2.73. The maximum absolute atomic E-state index is 11.1. The summed E-state index contributed by atoms with van der Waals surface area (Å²) in [5.74, 6) is -1.03. The molecule has 1 heterocycles. The first-order chi connectivity index (χ1) is 8.52. The molecule has 2 rings (SSSR count).